The van der Waals surface area contributed by atoms with Crippen molar-refractivity contribution in [3.8, 4) is 5.75 Å². The molecule has 2 nitrogen and oxygen atoms in total. The normalized spacial score (nSPS) is 21.3. The molecule has 1 N–H and O–H groups in total. The van der Waals surface area contributed by atoms with Crippen LogP contribution in [0, 0.1) is 12.7 Å². The lowest BCUT2D eigenvalue weighted by Crippen LogP contribution is -2.28. The molecule has 1 aromatic heterocycles. The standard InChI is InChI=1S/C25H22FNO/c1-15-18-10-5-8-14-22(18)28-25(23(15)19-11-3-6-12-20(19)26)24-16(2)17-9-4-7-13-21(17)27-24/h3-15,23,25,27H,1-2H3/t15-,23+,25-/m1/s1. The fraction of sp³-hybridized carbons (Fsp3) is 0.200. The highest BCUT2D eigenvalue weighted by Gasteiger charge is 2.40. The summed E-state index contributed by atoms with van der Waals surface area (Å²) in [6, 6.07) is 23.4. The van der Waals surface area contributed by atoms with Gasteiger partial charge in [-0.1, -0.05) is 61.5 Å². The van der Waals surface area contributed by atoms with Crippen LogP contribution in [0.3, 0.4) is 0 Å². The van der Waals surface area contributed by atoms with Crippen LogP contribution in [0.2, 0.25) is 0 Å². The van der Waals surface area contributed by atoms with Crippen LogP contribution in [0.15, 0.2) is 72.8 Å². The average molecular weight is 371 g/mol. The van der Waals surface area contributed by atoms with E-state index in [0.29, 0.717) is 5.56 Å². The van der Waals surface area contributed by atoms with Gasteiger partial charge >= 0.3 is 0 Å². The van der Waals surface area contributed by atoms with Crippen molar-refractivity contribution in [1.29, 1.82) is 0 Å². The summed E-state index contributed by atoms with van der Waals surface area (Å²) in [5, 5.41) is 1.18. The van der Waals surface area contributed by atoms with Gasteiger partial charge in [0.2, 0.25) is 0 Å². The smallest absolute Gasteiger partial charge is 0.146 e. The largest absolute Gasteiger partial charge is 0.483 e. The van der Waals surface area contributed by atoms with Gasteiger partial charge in [-0.2, -0.15) is 0 Å². The van der Waals surface area contributed by atoms with Gasteiger partial charge in [0, 0.05) is 16.8 Å². The Kier molecular flexibility index (Phi) is 3.97. The SMILES string of the molecule is Cc1c([C@@H]2Oc3ccccc3[C@@H](C)[C@H]2c2ccccc2F)[nH]c2ccccc12. The van der Waals surface area contributed by atoms with Gasteiger partial charge in [-0.15, -0.1) is 0 Å². The van der Waals surface area contributed by atoms with E-state index in [4.69, 9.17) is 4.74 Å². The second-order valence-corrected chi connectivity index (χ2v) is 7.62. The second-order valence-electron chi connectivity index (χ2n) is 7.62. The number of hydrogen-bond donors (Lipinski definition) is 1. The highest BCUT2D eigenvalue weighted by molar-refractivity contribution is 5.84. The van der Waals surface area contributed by atoms with Crippen LogP contribution >= 0.6 is 0 Å². The zero-order valence-corrected chi connectivity index (χ0v) is 15.9. The van der Waals surface area contributed by atoms with Crippen molar-refractivity contribution in [2.75, 3.05) is 0 Å². The van der Waals surface area contributed by atoms with Crippen LogP contribution < -0.4 is 4.74 Å². The molecule has 0 saturated carbocycles. The van der Waals surface area contributed by atoms with Crippen molar-refractivity contribution < 1.29 is 9.13 Å². The number of aromatic nitrogens is 1. The Labute approximate surface area is 164 Å². The maximum absolute atomic E-state index is 14.9. The van der Waals surface area contributed by atoms with Crippen molar-refractivity contribution in [2.45, 2.75) is 31.8 Å². The number of fused-ring (bicyclic) bond motifs is 2. The Morgan fingerprint density at radius 1 is 0.857 bits per heavy atom. The molecule has 5 rings (SSSR count). The maximum Gasteiger partial charge on any atom is 0.146 e. The van der Waals surface area contributed by atoms with Crippen LogP contribution in [0.5, 0.6) is 5.75 Å². The van der Waals surface area contributed by atoms with Crippen LogP contribution in [0.1, 0.15) is 47.2 Å². The maximum atomic E-state index is 14.9. The lowest BCUT2D eigenvalue weighted by molar-refractivity contribution is 0.131. The number of halogens is 1. The van der Waals surface area contributed by atoms with Crippen LogP contribution in [0.25, 0.3) is 10.9 Å². The van der Waals surface area contributed by atoms with Crippen molar-refractivity contribution in [3.05, 3.63) is 101 Å². The molecule has 0 aliphatic carbocycles. The number of aryl methyl sites for hydroxylation is 1. The Morgan fingerprint density at radius 3 is 2.32 bits per heavy atom. The first kappa shape index (κ1) is 17.1. The molecule has 0 spiro atoms. The molecule has 0 saturated heterocycles. The molecule has 1 aliphatic heterocycles. The first-order chi connectivity index (χ1) is 13.6. The number of ether oxygens (including phenoxy) is 1. The van der Waals surface area contributed by atoms with Gasteiger partial charge in [0.25, 0.3) is 0 Å². The van der Waals surface area contributed by atoms with Gasteiger partial charge < -0.3 is 9.72 Å². The van der Waals surface area contributed by atoms with Crippen LogP contribution in [-0.2, 0) is 0 Å². The molecule has 3 heteroatoms. The quantitative estimate of drug-likeness (QED) is 0.420. The minimum atomic E-state index is -0.283. The van der Waals surface area contributed by atoms with E-state index in [2.05, 4.69) is 37.0 Å². The molecular formula is C25H22FNO. The first-order valence-electron chi connectivity index (χ1n) is 9.72. The minimum Gasteiger partial charge on any atom is -0.483 e. The number of rotatable bonds is 2. The van der Waals surface area contributed by atoms with Crippen molar-refractivity contribution in [2.24, 2.45) is 0 Å². The number of nitrogens with one attached hydrogen (secondary N) is 1. The van der Waals surface area contributed by atoms with E-state index in [0.717, 1.165) is 28.1 Å². The third-order valence-electron chi connectivity index (χ3n) is 6.08. The molecule has 0 radical (unpaired) electrons. The molecule has 4 aromatic rings. The highest BCUT2D eigenvalue weighted by Crippen LogP contribution is 2.52. The molecule has 0 amide bonds. The van der Waals surface area contributed by atoms with Gasteiger partial charge in [-0.05, 0) is 47.7 Å². The van der Waals surface area contributed by atoms with Crippen molar-refractivity contribution in [1.82, 2.24) is 4.98 Å². The summed E-state index contributed by atoms with van der Waals surface area (Å²) in [5.74, 6) is 0.701. The third kappa shape index (κ3) is 2.54. The van der Waals surface area contributed by atoms with E-state index in [1.165, 1.54) is 11.5 Å². The summed E-state index contributed by atoms with van der Waals surface area (Å²) < 4.78 is 21.4. The predicted molar refractivity (Wildman–Crippen MR) is 110 cm³/mol. The van der Waals surface area contributed by atoms with E-state index in [-0.39, 0.29) is 23.8 Å². The monoisotopic (exact) mass is 371 g/mol. The van der Waals surface area contributed by atoms with Crippen LogP contribution in [-0.4, -0.2) is 4.98 Å². The fourth-order valence-corrected chi connectivity index (χ4v) is 4.63. The first-order valence-corrected chi connectivity index (χ1v) is 9.72. The summed E-state index contributed by atoms with van der Waals surface area (Å²) in [4.78, 5) is 3.56. The second kappa shape index (κ2) is 6.52. The molecular weight excluding hydrogens is 349 g/mol. The molecule has 0 unspecified atom stereocenters. The van der Waals surface area contributed by atoms with Gasteiger partial charge in [0.1, 0.15) is 17.7 Å². The predicted octanol–water partition coefficient (Wildman–Crippen LogP) is 6.64. The average Bonchev–Trinajstić information content (AvgIpc) is 3.06. The molecule has 3 atom stereocenters. The van der Waals surface area contributed by atoms with Gasteiger partial charge in [-0.25, -0.2) is 4.39 Å². The molecule has 28 heavy (non-hydrogen) atoms. The zero-order chi connectivity index (χ0) is 19.3. The van der Waals surface area contributed by atoms with E-state index < -0.39 is 0 Å². The summed E-state index contributed by atoms with van der Waals surface area (Å²) in [5.41, 5.74) is 5.09. The lowest BCUT2D eigenvalue weighted by Gasteiger charge is -2.38. The number of aromatic amines is 1. The molecule has 2 heterocycles. The van der Waals surface area contributed by atoms with Crippen LogP contribution in [0.4, 0.5) is 4.39 Å². The van der Waals surface area contributed by atoms with E-state index in [1.54, 1.807) is 6.07 Å². The Morgan fingerprint density at radius 2 is 1.54 bits per heavy atom. The third-order valence-corrected chi connectivity index (χ3v) is 6.08. The van der Waals surface area contributed by atoms with E-state index in [9.17, 15) is 4.39 Å². The van der Waals surface area contributed by atoms with Crippen molar-refractivity contribution >= 4 is 10.9 Å². The molecule has 0 fully saturated rings. The number of hydrogen-bond acceptors (Lipinski definition) is 1. The fourth-order valence-electron chi connectivity index (χ4n) is 4.63. The van der Waals surface area contributed by atoms with Gasteiger partial charge in [-0.3, -0.25) is 0 Å². The number of para-hydroxylation sites is 2. The Balaban J connectivity index is 1.73. The topological polar surface area (TPSA) is 25.0 Å². The zero-order valence-electron chi connectivity index (χ0n) is 15.9. The summed E-state index contributed by atoms with van der Waals surface area (Å²) >= 11 is 0. The van der Waals surface area contributed by atoms with Gasteiger partial charge in [0.05, 0.1) is 5.69 Å². The van der Waals surface area contributed by atoms with Crippen molar-refractivity contribution in [3.63, 3.8) is 0 Å². The summed E-state index contributed by atoms with van der Waals surface area (Å²) in [6.07, 6.45) is -0.283. The summed E-state index contributed by atoms with van der Waals surface area (Å²) in [7, 11) is 0. The highest BCUT2D eigenvalue weighted by atomic mass is 19.1. The number of benzene rings is 3. The minimum absolute atomic E-state index is 0.122. The Hall–Kier alpha value is -3.07. The molecule has 140 valence electrons. The Bertz CT molecular complexity index is 1160. The molecule has 0 bridgehead atoms. The van der Waals surface area contributed by atoms with E-state index >= 15 is 0 Å². The molecule has 3 aromatic carbocycles. The van der Waals surface area contributed by atoms with E-state index in [1.807, 2.05) is 42.5 Å². The lowest BCUT2D eigenvalue weighted by atomic mass is 9.75. The summed E-state index contributed by atoms with van der Waals surface area (Å²) in [6.45, 7) is 4.28. The van der Waals surface area contributed by atoms with Gasteiger partial charge in [0.15, 0.2) is 0 Å². The number of H-pyrrole nitrogens is 1. The molecule has 1 aliphatic rings.